The van der Waals surface area contributed by atoms with Crippen LogP contribution in [0.1, 0.15) is 24.2 Å². The first-order valence-corrected chi connectivity index (χ1v) is 5.44. The van der Waals surface area contributed by atoms with E-state index in [1.54, 1.807) is 24.3 Å². The van der Waals surface area contributed by atoms with E-state index in [1.807, 2.05) is 13.8 Å². The highest BCUT2D eigenvalue weighted by molar-refractivity contribution is 6.31. The average Bonchev–Trinajstić information content (AvgIpc) is 2.18. The number of hydrogen-bond donors (Lipinski definition) is 1. The SMILES string of the molecule is CC(C)C(CN)C(=O)c1cccc(Cl)c1. The fraction of sp³-hybridized carbons (Fsp3) is 0.417. The summed E-state index contributed by atoms with van der Waals surface area (Å²) in [6.45, 7) is 4.38. The van der Waals surface area contributed by atoms with E-state index < -0.39 is 0 Å². The van der Waals surface area contributed by atoms with Crippen LogP contribution in [0.2, 0.25) is 5.02 Å². The van der Waals surface area contributed by atoms with Crippen LogP contribution in [0.25, 0.3) is 0 Å². The summed E-state index contributed by atoms with van der Waals surface area (Å²) in [6, 6.07) is 7.00. The van der Waals surface area contributed by atoms with E-state index in [2.05, 4.69) is 0 Å². The van der Waals surface area contributed by atoms with Crippen LogP contribution < -0.4 is 5.73 Å². The van der Waals surface area contributed by atoms with Crippen LogP contribution in [0.15, 0.2) is 24.3 Å². The molecule has 0 fully saturated rings. The van der Waals surface area contributed by atoms with E-state index >= 15 is 0 Å². The number of rotatable bonds is 4. The molecule has 0 radical (unpaired) electrons. The molecule has 0 heterocycles. The Bertz CT molecular complexity index is 349. The molecule has 82 valence electrons. The number of nitrogens with two attached hydrogens (primary N) is 1. The van der Waals surface area contributed by atoms with E-state index in [0.29, 0.717) is 17.1 Å². The number of hydrogen-bond acceptors (Lipinski definition) is 2. The molecule has 0 aliphatic heterocycles. The lowest BCUT2D eigenvalue weighted by Crippen LogP contribution is -2.28. The van der Waals surface area contributed by atoms with Crippen LogP contribution in [0, 0.1) is 11.8 Å². The quantitative estimate of drug-likeness (QED) is 0.801. The number of carbonyl (C=O) groups excluding carboxylic acids is 1. The number of benzene rings is 1. The van der Waals surface area contributed by atoms with Crippen LogP contribution in [0.5, 0.6) is 0 Å². The Labute approximate surface area is 95.4 Å². The first kappa shape index (κ1) is 12.2. The van der Waals surface area contributed by atoms with Gasteiger partial charge in [0, 0.05) is 23.0 Å². The molecule has 2 N–H and O–H groups in total. The topological polar surface area (TPSA) is 43.1 Å². The highest BCUT2D eigenvalue weighted by atomic mass is 35.5. The second kappa shape index (κ2) is 5.29. The summed E-state index contributed by atoms with van der Waals surface area (Å²) in [4.78, 5) is 12.0. The second-order valence-electron chi connectivity index (χ2n) is 3.96. The maximum absolute atomic E-state index is 12.0. The standard InChI is InChI=1S/C12H16ClNO/c1-8(2)11(7-14)12(15)9-4-3-5-10(13)6-9/h3-6,8,11H,7,14H2,1-2H3. The zero-order chi connectivity index (χ0) is 11.4. The summed E-state index contributed by atoms with van der Waals surface area (Å²) >= 11 is 5.83. The second-order valence-corrected chi connectivity index (χ2v) is 4.40. The van der Waals surface area contributed by atoms with Crippen molar-refractivity contribution in [2.45, 2.75) is 13.8 Å². The van der Waals surface area contributed by atoms with Gasteiger partial charge in [0.05, 0.1) is 0 Å². The van der Waals surface area contributed by atoms with Crippen molar-refractivity contribution < 1.29 is 4.79 Å². The van der Waals surface area contributed by atoms with Gasteiger partial charge in [-0.15, -0.1) is 0 Å². The maximum Gasteiger partial charge on any atom is 0.167 e. The molecule has 0 aromatic heterocycles. The minimum absolute atomic E-state index is 0.0787. The zero-order valence-electron chi connectivity index (χ0n) is 9.03. The molecule has 0 bridgehead atoms. The molecule has 0 aliphatic rings. The Morgan fingerprint density at radius 3 is 2.60 bits per heavy atom. The van der Waals surface area contributed by atoms with Gasteiger partial charge in [-0.1, -0.05) is 37.6 Å². The Morgan fingerprint density at radius 1 is 1.47 bits per heavy atom. The normalized spacial score (nSPS) is 12.9. The van der Waals surface area contributed by atoms with Crippen LogP contribution >= 0.6 is 11.6 Å². The molecule has 1 rings (SSSR count). The average molecular weight is 226 g/mol. The van der Waals surface area contributed by atoms with Crippen molar-refractivity contribution in [2.24, 2.45) is 17.6 Å². The molecular formula is C12H16ClNO. The summed E-state index contributed by atoms with van der Waals surface area (Å²) in [7, 11) is 0. The van der Waals surface area contributed by atoms with Crippen molar-refractivity contribution in [3.8, 4) is 0 Å². The fourth-order valence-electron chi connectivity index (χ4n) is 1.54. The van der Waals surface area contributed by atoms with Gasteiger partial charge in [0.1, 0.15) is 0 Å². The van der Waals surface area contributed by atoms with Crippen molar-refractivity contribution in [1.29, 1.82) is 0 Å². The first-order valence-electron chi connectivity index (χ1n) is 5.06. The predicted octanol–water partition coefficient (Wildman–Crippen LogP) is 2.75. The predicted molar refractivity (Wildman–Crippen MR) is 63.2 cm³/mol. The minimum Gasteiger partial charge on any atom is -0.330 e. The number of carbonyl (C=O) groups is 1. The summed E-state index contributed by atoms with van der Waals surface area (Å²) < 4.78 is 0. The number of Topliss-reactive ketones (excluding diaryl/α,β-unsaturated/α-hetero) is 1. The molecule has 2 nitrogen and oxygen atoms in total. The third-order valence-electron chi connectivity index (χ3n) is 2.50. The largest absolute Gasteiger partial charge is 0.330 e. The van der Waals surface area contributed by atoms with Crippen molar-refractivity contribution >= 4 is 17.4 Å². The summed E-state index contributed by atoms with van der Waals surface area (Å²) in [5.41, 5.74) is 6.24. The van der Waals surface area contributed by atoms with E-state index in [4.69, 9.17) is 17.3 Å². The summed E-state index contributed by atoms with van der Waals surface area (Å²) in [5.74, 6) is 0.208. The first-order chi connectivity index (χ1) is 7.06. The molecule has 15 heavy (non-hydrogen) atoms. The Hall–Kier alpha value is -0.860. The lowest BCUT2D eigenvalue weighted by molar-refractivity contribution is 0.0892. The molecular weight excluding hydrogens is 210 g/mol. The van der Waals surface area contributed by atoms with Crippen molar-refractivity contribution in [1.82, 2.24) is 0 Å². The molecule has 0 aliphatic carbocycles. The Morgan fingerprint density at radius 2 is 2.13 bits per heavy atom. The molecule has 0 amide bonds. The zero-order valence-corrected chi connectivity index (χ0v) is 9.79. The van der Waals surface area contributed by atoms with Gasteiger partial charge in [-0.3, -0.25) is 4.79 Å². The molecule has 1 atom stereocenters. The van der Waals surface area contributed by atoms with Gasteiger partial charge in [-0.25, -0.2) is 0 Å². The molecule has 1 unspecified atom stereocenters. The molecule has 0 saturated heterocycles. The summed E-state index contributed by atoms with van der Waals surface area (Å²) in [6.07, 6.45) is 0. The van der Waals surface area contributed by atoms with E-state index in [-0.39, 0.29) is 17.6 Å². The van der Waals surface area contributed by atoms with Gasteiger partial charge in [0.15, 0.2) is 5.78 Å². The van der Waals surface area contributed by atoms with Gasteiger partial charge in [0.2, 0.25) is 0 Å². The van der Waals surface area contributed by atoms with Crippen molar-refractivity contribution in [3.63, 3.8) is 0 Å². The van der Waals surface area contributed by atoms with Gasteiger partial charge in [-0.2, -0.15) is 0 Å². The molecule has 0 saturated carbocycles. The van der Waals surface area contributed by atoms with Crippen LogP contribution in [-0.2, 0) is 0 Å². The Balaban J connectivity index is 2.93. The fourth-order valence-corrected chi connectivity index (χ4v) is 1.73. The van der Waals surface area contributed by atoms with Gasteiger partial charge >= 0.3 is 0 Å². The van der Waals surface area contributed by atoms with E-state index in [0.717, 1.165) is 0 Å². The highest BCUT2D eigenvalue weighted by Crippen LogP contribution is 2.18. The van der Waals surface area contributed by atoms with Gasteiger partial charge in [0.25, 0.3) is 0 Å². The van der Waals surface area contributed by atoms with Crippen molar-refractivity contribution in [2.75, 3.05) is 6.54 Å². The van der Waals surface area contributed by atoms with Gasteiger partial charge < -0.3 is 5.73 Å². The lowest BCUT2D eigenvalue weighted by atomic mass is 9.88. The highest BCUT2D eigenvalue weighted by Gasteiger charge is 2.21. The van der Waals surface area contributed by atoms with Crippen LogP contribution in [-0.4, -0.2) is 12.3 Å². The van der Waals surface area contributed by atoms with Gasteiger partial charge in [-0.05, 0) is 18.1 Å². The van der Waals surface area contributed by atoms with E-state index in [1.165, 1.54) is 0 Å². The number of halogens is 1. The third kappa shape index (κ3) is 3.05. The smallest absolute Gasteiger partial charge is 0.167 e. The van der Waals surface area contributed by atoms with Crippen molar-refractivity contribution in [3.05, 3.63) is 34.9 Å². The monoisotopic (exact) mass is 225 g/mol. The van der Waals surface area contributed by atoms with Crippen LogP contribution in [0.3, 0.4) is 0 Å². The van der Waals surface area contributed by atoms with Crippen LogP contribution in [0.4, 0.5) is 0 Å². The third-order valence-corrected chi connectivity index (χ3v) is 2.74. The molecule has 0 spiro atoms. The number of ketones is 1. The Kier molecular flexibility index (Phi) is 4.30. The minimum atomic E-state index is -0.122. The molecule has 3 heteroatoms. The summed E-state index contributed by atoms with van der Waals surface area (Å²) in [5, 5.41) is 0.584. The maximum atomic E-state index is 12.0. The molecule has 1 aromatic rings. The molecule has 1 aromatic carbocycles. The van der Waals surface area contributed by atoms with E-state index in [9.17, 15) is 4.79 Å². The lowest BCUT2D eigenvalue weighted by Gasteiger charge is -2.17.